The minimum atomic E-state index is 0.576. The van der Waals surface area contributed by atoms with Crippen LogP contribution in [-0.4, -0.2) is 38.6 Å². The topological polar surface area (TPSA) is 6.48 Å². The van der Waals surface area contributed by atoms with E-state index in [9.17, 15) is 0 Å². The largest absolute Gasteiger partial charge is 0.370 e. The Morgan fingerprint density at radius 2 is 1.78 bits per heavy atom. The van der Waals surface area contributed by atoms with Crippen LogP contribution in [0.15, 0.2) is 24.3 Å². The molecule has 0 aromatic heterocycles. The molecule has 102 valence electrons. The van der Waals surface area contributed by atoms with Crippen LogP contribution in [0.5, 0.6) is 0 Å². The minimum Gasteiger partial charge on any atom is -0.370 e. The molecule has 0 atom stereocenters. The maximum Gasteiger partial charge on any atom is 0.0494 e. The Morgan fingerprint density at radius 1 is 1.11 bits per heavy atom. The molecule has 3 heteroatoms. The highest BCUT2D eigenvalue weighted by atomic mass is 35.5. The summed E-state index contributed by atoms with van der Waals surface area (Å²) in [7, 11) is 4.22. The van der Waals surface area contributed by atoms with E-state index in [1.165, 1.54) is 11.3 Å². The predicted molar refractivity (Wildman–Crippen MR) is 81.6 cm³/mol. The summed E-state index contributed by atoms with van der Waals surface area (Å²) in [6, 6.07) is 8.44. The number of benzene rings is 1. The van der Waals surface area contributed by atoms with Gasteiger partial charge in [-0.3, -0.25) is 0 Å². The highest BCUT2D eigenvalue weighted by Gasteiger charge is 2.12. The van der Waals surface area contributed by atoms with Crippen LogP contribution in [0, 0.1) is 5.92 Å². The number of nitrogens with zero attached hydrogens (tertiary/aromatic N) is 2. The van der Waals surface area contributed by atoms with Gasteiger partial charge in [-0.15, -0.1) is 11.6 Å². The van der Waals surface area contributed by atoms with Gasteiger partial charge in [-0.05, 0) is 31.6 Å². The van der Waals surface area contributed by atoms with Crippen molar-refractivity contribution < 1.29 is 0 Å². The number of anilines is 1. The first kappa shape index (κ1) is 15.3. The number of halogens is 1. The molecule has 0 N–H and O–H groups in total. The second-order valence-corrected chi connectivity index (χ2v) is 5.67. The standard InChI is InChI=1S/C15H25ClN2/c1-13(2)12-18(10-9-17(3)4)15-8-6-5-7-14(15)11-16/h5-8,13H,9-12H2,1-4H3. The summed E-state index contributed by atoms with van der Waals surface area (Å²) in [5, 5.41) is 0. The molecule has 1 rings (SSSR count). The first-order valence-electron chi connectivity index (χ1n) is 6.58. The number of likely N-dealkylation sites (N-methyl/N-ethyl adjacent to an activating group) is 1. The minimum absolute atomic E-state index is 0.576. The van der Waals surface area contributed by atoms with E-state index in [4.69, 9.17) is 11.6 Å². The second-order valence-electron chi connectivity index (χ2n) is 5.41. The predicted octanol–water partition coefficient (Wildman–Crippen LogP) is 3.45. The van der Waals surface area contributed by atoms with Crippen molar-refractivity contribution in [2.24, 2.45) is 5.92 Å². The Hall–Kier alpha value is -0.730. The number of para-hydroxylation sites is 1. The number of hydrogen-bond acceptors (Lipinski definition) is 2. The van der Waals surface area contributed by atoms with Gasteiger partial charge >= 0.3 is 0 Å². The van der Waals surface area contributed by atoms with Crippen LogP contribution >= 0.6 is 11.6 Å². The molecule has 0 amide bonds. The summed E-state index contributed by atoms with van der Waals surface area (Å²) >= 11 is 6.04. The fourth-order valence-electron chi connectivity index (χ4n) is 2.00. The molecular weight excluding hydrogens is 244 g/mol. The molecule has 0 saturated heterocycles. The Labute approximate surface area is 117 Å². The molecule has 2 nitrogen and oxygen atoms in total. The van der Waals surface area contributed by atoms with E-state index < -0.39 is 0 Å². The summed E-state index contributed by atoms with van der Waals surface area (Å²) < 4.78 is 0. The lowest BCUT2D eigenvalue weighted by Gasteiger charge is -2.29. The van der Waals surface area contributed by atoms with Crippen LogP contribution in [0.3, 0.4) is 0 Å². The average molecular weight is 269 g/mol. The van der Waals surface area contributed by atoms with Gasteiger partial charge in [0.2, 0.25) is 0 Å². The fraction of sp³-hybridized carbons (Fsp3) is 0.600. The Balaban J connectivity index is 2.86. The van der Waals surface area contributed by atoms with Crippen molar-refractivity contribution in [3.8, 4) is 0 Å². The van der Waals surface area contributed by atoms with E-state index in [0.717, 1.165) is 19.6 Å². The lowest BCUT2D eigenvalue weighted by Crippen LogP contribution is -2.34. The van der Waals surface area contributed by atoms with E-state index in [2.05, 4.69) is 62.0 Å². The van der Waals surface area contributed by atoms with Crippen molar-refractivity contribution in [1.82, 2.24) is 4.90 Å². The molecule has 1 aromatic carbocycles. The highest BCUT2D eigenvalue weighted by molar-refractivity contribution is 6.17. The van der Waals surface area contributed by atoms with Gasteiger partial charge in [0.05, 0.1) is 0 Å². The van der Waals surface area contributed by atoms with E-state index in [1.54, 1.807) is 0 Å². The molecule has 0 aliphatic carbocycles. The lowest BCUT2D eigenvalue weighted by molar-refractivity contribution is 0.409. The molecule has 0 fully saturated rings. The van der Waals surface area contributed by atoms with Crippen molar-refractivity contribution in [1.29, 1.82) is 0 Å². The van der Waals surface area contributed by atoms with E-state index in [-0.39, 0.29) is 0 Å². The molecule has 0 unspecified atom stereocenters. The zero-order chi connectivity index (χ0) is 13.5. The number of alkyl halides is 1. The first-order chi connectivity index (χ1) is 8.54. The van der Waals surface area contributed by atoms with Gasteiger partial charge in [-0.2, -0.15) is 0 Å². The van der Waals surface area contributed by atoms with Crippen molar-refractivity contribution >= 4 is 17.3 Å². The van der Waals surface area contributed by atoms with Crippen molar-refractivity contribution in [2.75, 3.05) is 38.6 Å². The van der Waals surface area contributed by atoms with Gasteiger partial charge in [-0.1, -0.05) is 32.0 Å². The van der Waals surface area contributed by atoms with Crippen molar-refractivity contribution in [3.05, 3.63) is 29.8 Å². The van der Waals surface area contributed by atoms with Crippen molar-refractivity contribution in [2.45, 2.75) is 19.7 Å². The van der Waals surface area contributed by atoms with E-state index in [1.807, 2.05) is 0 Å². The first-order valence-corrected chi connectivity index (χ1v) is 7.11. The van der Waals surface area contributed by atoms with Gasteiger partial charge in [0.15, 0.2) is 0 Å². The Bertz CT molecular complexity index is 350. The Kier molecular flexibility index (Phi) is 6.51. The van der Waals surface area contributed by atoms with Gasteiger partial charge in [0, 0.05) is 31.2 Å². The summed E-state index contributed by atoms with van der Waals surface area (Å²) in [5.41, 5.74) is 2.50. The zero-order valence-corrected chi connectivity index (χ0v) is 12.7. The second kappa shape index (κ2) is 7.65. The molecular formula is C15H25ClN2. The molecule has 0 radical (unpaired) electrons. The number of rotatable bonds is 7. The molecule has 0 aliphatic heterocycles. The van der Waals surface area contributed by atoms with Gasteiger partial charge in [0.1, 0.15) is 0 Å². The zero-order valence-electron chi connectivity index (χ0n) is 12.0. The molecule has 0 heterocycles. The maximum atomic E-state index is 6.04. The van der Waals surface area contributed by atoms with Crippen LogP contribution < -0.4 is 4.90 Å². The smallest absolute Gasteiger partial charge is 0.0494 e. The SMILES string of the molecule is CC(C)CN(CCN(C)C)c1ccccc1CCl. The van der Waals surface area contributed by atoms with Crippen LogP contribution in [-0.2, 0) is 5.88 Å². The van der Waals surface area contributed by atoms with Gasteiger partial charge < -0.3 is 9.80 Å². The molecule has 0 spiro atoms. The summed E-state index contributed by atoms with van der Waals surface area (Å²) in [4.78, 5) is 4.67. The third kappa shape index (κ3) is 4.87. The average Bonchev–Trinajstić information content (AvgIpc) is 2.33. The van der Waals surface area contributed by atoms with Gasteiger partial charge in [-0.25, -0.2) is 0 Å². The van der Waals surface area contributed by atoms with Crippen LogP contribution in [0.1, 0.15) is 19.4 Å². The van der Waals surface area contributed by atoms with E-state index >= 15 is 0 Å². The quantitative estimate of drug-likeness (QED) is 0.699. The monoisotopic (exact) mass is 268 g/mol. The third-order valence-corrected chi connectivity index (χ3v) is 3.17. The molecule has 0 bridgehead atoms. The molecule has 1 aromatic rings. The summed E-state index contributed by atoms with van der Waals surface area (Å²) in [6.45, 7) is 7.68. The number of hydrogen-bond donors (Lipinski definition) is 0. The molecule has 0 aliphatic rings. The van der Waals surface area contributed by atoms with Crippen LogP contribution in [0.25, 0.3) is 0 Å². The fourth-order valence-corrected chi connectivity index (χ4v) is 2.23. The third-order valence-electron chi connectivity index (χ3n) is 2.88. The summed E-state index contributed by atoms with van der Waals surface area (Å²) in [6.07, 6.45) is 0. The van der Waals surface area contributed by atoms with Crippen LogP contribution in [0.4, 0.5) is 5.69 Å². The van der Waals surface area contributed by atoms with Crippen LogP contribution in [0.2, 0.25) is 0 Å². The maximum absolute atomic E-state index is 6.04. The molecule has 18 heavy (non-hydrogen) atoms. The van der Waals surface area contributed by atoms with Crippen molar-refractivity contribution in [3.63, 3.8) is 0 Å². The van der Waals surface area contributed by atoms with E-state index in [0.29, 0.717) is 11.8 Å². The van der Waals surface area contributed by atoms with Gasteiger partial charge in [0.25, 0.3) is 0 Å². The molecule has 0 saturated carbocycles. The lowest BCUT2D eigenvalue weighted by atomic mass is 10.1. The Morgan fingerprint density at radius 3 is 2.33 bits per heavy atom. The highest BCUT2D eigenvalue weighted by Crippen LogP contribution is 2.22. The normalized spacial score (nSPS) is 11.3. The summed E-state index contributed by atoms with van der Waals surface area (Å²) in [5.74, 6) is 1.22.